The van der Waals surface area contributed by atoms with Crippen molar-refractivity contribution in [3.63, 3.8) is 0 Å². The topological polar surface area (TPSA) is 77.5 Å². The van der Waals surface area contributed by atoms with Gasteiger partial charge in [-0.25, -0.2) is 4.79 Å². The third-order valence-corrected chi connectivity index (χ3v) is 5.53. The van der Waals surface area contributed by atoms with Gasteiger partial charge in [-0.1, -0.05) is 30.3 Å². The number of aliphatic hydroxyl groups excluding tert-OH is 1. The summed E-state index contributed by atoms with van der Waals surface area (Å²) < 4.78 is 0. The molecule has 2 aliphatic rings. The van der Waals surface area contributed by atoms with Crippen LogP contribution in [0.1, 0.15) is 35.7 Å². The molecule has 0 saturated carbocycles. The van der Waals surface area contributed by atoms with Gasteiger partial charge in [0.1, 0.15) is 0 Å². The van der Waals surface area contributed by atoms with Gasteiger partial charge in [0.2, 0.25) is 0 Å². The minimum absolute atomic E-state index is 0.166. The Bertz CT molecular complexity index is 775. The van der Waals surface area contributed by atoms with Crippen LogP contribution in [0.4, 0.5) is 4.79 Å². The molecule has 1 aromatic carbocycles. The lowest BCUT2D eigenvalue weighted by Crippen LogP contribution is -2.49. The van der Waals surface area contributed by atoms with E-state index in [0.29, 0.717) is 6.42 Å². The van der Waals surface area contributed by atoms with Crippen molar-refractivity contribution in [2.24, 2.45) is 0 Å². The molecule has 2 aromatic rings. The number of urea groups is 1. The van der Waals surface area contributed by atoms with Crippen LogP contribution in [-0.4, -0.2) is 46.3 Å². The molecular formula is C21H26N4O2. The maximum atomic E-state index is 12.4. The number of benzene rings is 1. The number of fused-ring (bicyclic) bond motifs is 1. The molecule has 2 unspecified atom stereocenters. The van der Waals surface area contributed by atoms with E-state index >= 15 is 0 Å². The lowest BCUT2D eigenvalue weighted by Gasteiger charge is -2.32. The number of carbonyl (C=O) groups is 1. The van der Waals surface area contributed by atoms with Gasteiger partial charge in [-0.15, -0.1) is 0 Å². The van der Waals surface area contributed by atoms with Crippen LogP contribution in [0.15, 0.2) is 48.7 Å². The van der Waals surface area contributed by atoms with E-state index in [9.17, 15) is 9.90 Å². The number of rotatable bonds is 4. The molecule has 0 spiro atoms. The van der Waals surface area contributed by atoms with Gasteiger partial charge in [-0.2, -0.15) is 0 Å². The average molecular weight is 366 g/mol. The van der Waals surface area contributed by atoms with Crippen LogP contribution in [-0.2, 0) is 13.0 Å². The fraction of sp³-hybridized carbons (Fsp3) is 0.429. The molecule has 1 aliphatic heterocycles. The fourth-order valence-electron chi connectivity index (χ4n) is 4.07. The molecule has 2 atom stereocenters. The SMILES string of the molecule is O=C(NC1CCN(Cc2ccccn2)CC1)NC1c2ccccc2CC1O. The number of aliphatic hydroxyl groups is 1. The molecule has 1 saturated heterocycles. The number of piperidine rings is 1. The normalized spacial score (nSPS) is 23.0. The molecule has 1 fully saturated rings. The van der Waals surface area contributed by atoms with E-state index in [-0.39, 0.29) is 18.1 Å². The van der Waals surface area contributed by atoms with Gasteiger partial charge in [0.15, 0.2) is 0 Å². The third-order valence-electron chi connectivity index (χ3n) is 5.53. The Hall–Kier alpha value is -2.44. The molecular weight excluding hydrogens is 340 g/mol. The van der Waals surface area contributed by atoms with Gasteiger partial charge in [-0.3, -0.25) is 9.88 Å². The molecule has 3 N–H and O–H groups in total. The Morgan fingerprint density at radius 3 is 2.67 bits per heavy atom. The van der Waals surface area contributed by atoms with Crippen molar-refractivity contribution >= 4 is 6.03 Å². The first-order chi connectivity index (χ1) is 13.2. The average Bonchev–Trinajstić information content (AvgIpc) is 2.99. The van der Waals surface area contributed by atoms with Gasteiger partial charge in [0.25, 0.3) is 0 Å². The number of hydrogen-bond donors (Lipinski definition) is 3. The zero-order valence-electron chi connectivity index (χ0n) is 15.3. The van der Waals surface area contributed by atoms with Crippen molar-refractivity contribution in [1.82, 2.24) is 20.5 Å². The zero-order valence-corrected chi connectivity index (χ0v) is 15.3. The second-order valence-corrected chi connectivity index (χ2v) is 7.44. The smallest absolute Gasteiger partial charge is 0.315 e. The monoisotopic (exact) mass is 366 g/mol. The number of carbonyl (C=O) groups excluding carboxylic acids is 1. The highest BCUT2D eigenvalue weighted by Gasteiger charge is 2.32. The van der Waals surface area contributed by atoms with Gasteiger partial charge < -0.3 is 15.7 Å². The molecule has 4 rings (SSSR count). The fourth-order valence-corrected chi connectivity index (χ4v) is 4.07. The van der Waals surface area contributed by atoms with E-state index in [2.05, 4.69) is 20.5 Å². The summed E-state index contributed by atoms with van der Waals surface area (Å²) >= 11 is 0. The van der Waals surface area contributed by atoms with Crippen molar-refractivity contribution in [2.75, 3.05) is 13.1 Å². The predicted molar refractivity (Wildman–Crippen MR) is 103 cm³/mol. The van der Waals surface area contributed by atoms with E-state index in [1.165, 1.54) is 0 Å². The summed E-state index contributed by atoms with van der Waals surface area (Å²) in [6, 6.07) is 13.5. The van der Waals surface area contributed by atoms with Crippen molar-refractivity contribution in [2.45, 2.75) is 44.0 Å². The number of hydrogen-bond acceptors (Lipinski definition) is 4. The van der Waals surface area contributed by atoms with Gasteiger partial charge in [0, 0.05) is 38.3 Å². The highest BCUT2D eigenvalue weighted by Crippen LogP contribution is 2.31. The number of amides is 2. The highest BCUT2D eigenvalue weighted by molar-refractivity contribution is 5.75. The van der Waals surface area contributed by atoms with Crippen LogP contribution in [0.5, 0.6) is 0 Å². The summed E-state index contributed by atoms with van der Waals surface area (Å²) in [7, 11) is 0. The van der Waals surface area contributed by atoms with Crippen molar-refractivity contribution in [1.29, 1.82) is 0 Å². The Morgan fingerprint density at radius 2 is 1.89 bits per heavy atom. The number of nitrogens with one attached hydrogen (secondary N) is 2. The third kappa shape index (κ3) is 4.28. The Morgan fingerprint density at radius 1 is 1.11 bits per heavy atom. The van der Waals surface area contributed by atoms with Crippen LogP contribution in [0.3, 0.4) is 0 Å². The first-order valence-electron chi connectivity index (χ1n) is 9.64. The lowest BCUT2D eigenvalue weighted by molar-refractivity contribution is 0.139. The van der Waals surface area contributed by atoms with Gasteiger partial charge in [0.05, 0.1) is 17.8 Å². The molecule has 6 heteroatoms. The van der Waals surface area contributed by atoms with Crippen LogP contribution in [0.2, 0.25) is 0 Å². The zero-order chi connectivity index (χ0) is 18.6. The number of nitrogens with zero attached hydrogens (tertiary/aromatic N) is 2. The van der Waals surface area contributed by atoms with E-state index in [1.807, 2.05) is 48.7 Å². The molecule has 0 radical (unpaired) electrons. The summed E-state index contributed by atoms with van der Waals surface area (Å²) in [4.78, 5) is 19.2. The quantitative estimate of drug-likeness (QED) is 0.774. The van der Waals surface area contributed by atoms with E-state index < -0.39 is 6.10 Å². The Balaban J connectivity index is 1.25. The van der Waals surface area contributed by atoms with Gasteiger partial charge in [-0.05, 0) is 36.1 Å². The van der Waals surface area contributed by atoms with E-state index in [1.54, 1.807) is 0 Å². The van der Waals surface area contributed by atoms with Crippen LogP contribution < -0.4 is 10.6 Å². The second-order valence-electron chi connectivity index (χ2n) is 7.44. The summed E-state index contributed by atoms with van der Waals surface area (Å²) in [6.07, 6.45) is 3.69. The summed E-state index contributed by atoms with van der Waals surface area (Å²) in [5.41, 5.74) is 3.21. The Kier molecular flexibility index (Phi) is 5.36. The number of likely N-dealkylation sites (tertiary alicyclic amines) is 1. The second kappa shape index (κ2) is 8.06. The van der Waals surface area contributed by atoms with Crippen LogP contribution >= 0.6 is 0 Å². The Labute approximate surface area is 159 Å². The lowest BCUT2D eigenvalue weighted by atomic mass is 10.0. The van der Waals surface area contributed by atoms with Crippen LogP contribution in [0.25, 0.3) is 0 Å². The predicted octanol–water partition coefficient (Wildman–Crippen LogP) is 2.00. The molecule has 1 aliphatic carbocycles. The molecule has 6 nitrogen and oxygen atoms in total. The summed E-state index contributed by atoms with van der Waals surface area (Å²) in [5, 5.41) is 16.3. The molecule has 2 heterocycles. The maximum Gasteiger partial charge on any atom is 0.315 e. The van der Waals surface area contributed by atoms with E-state index in [0.717, 1.165) is 49.3 Å². The molecule has 142 valence electrons. The molecule has 2 amide bonds. The minimum Gasteiger partial charge on any atom is -0.390 e. The maximum absolute atomic E-state index is 12.4. The van der Waals surface area contributed by atoms with Crippen molar-refractivity contribution < 1.29 is 9.90 Å². The highest BCUT2D eigenvalue weighted by atomic mass is 16.3. The van der Waals surface area contributed by atoms with Crippen LogP contribution in [0, 0.1) is 0 Å². The first kappa shape index (κ1) is 17.9. The van der Waals surface area contributed by atoms with Gasteiger partial charge >= 0.3 is 6.03 Å². The summed E-state index contributed by atoms with van der Waals surface area (Å²) in [6.45, 7) is 2.73. The largest absolute Gasteiger partial charge is 0.390 e. The minimum atomic E-state index is -0.562. The number of pyridine rings is 1. The first-order valence-corrected chi connectivity index (χ1v) is 9.64. The standard InChI is InChI=1S/C21H26N4O2/c26-19-13-15-5-1-2-7-18(15)20(19)24-21(27)23-16-8-11-25(12-9-16)14-17-6-3-4-10-22-17/h1-7,10,16,19-20,26H,8-9,11-14H2,(H2,23,24,27). The van der Waals surface area contributed by atoms with Crippen molar-refractivity contribution in [3.8, 4) is 0 Å². The summed E-state index contributed by atoms with van der Waals surface area (Å²) in [5.74, 6) is 0. The number of aromatic nitrogens is 1. The van der Waals surface area contributed by atoms with Crippen molar-refractivity contribution in [3.05, 3.63) is 65.5 Å². The molecule has 0 bridgehead atoms. The molecule has 1 aromatic heterocycles. The van der Waals surface area contributed by atoms with E-state index in [4.69, 9.17) is 0 Å². The molecule has 27 heavy (non-hydrogen) atoms.